The highest BCUT2D eigenvalue weighted by Gasteiger charge is 2.21. The predicted octanol–water partition coefficient (Wildman–Crippen LogP) is 0.900. The summed E-state index contributed by atoms with van der Waals surface area (Å²) in [6.07, 6.45) is 2.01. The van der Waals surface area contributed by atoms with E-state index in [4.69, 9.17) is 10.3 Å². The second-order valence-electron chi connectivity index (χ2n) is 4.83. The first kappa shape index (κ1) is 19.2. The smallest absolute Gasteiger partial charge is 0.224 e. The van der Waals surface area contributed by atoms with E-state index in [-0.39, 0.29) is 36.8 Å². The molecule has 1 saturated heterocycles. The van der Waals surface area contributed by atoms with Crippen molar-refractivity contribution in [2.45, 2.75) is 25.9 Å². The molecule has 1 unspecified atom stereocenters. The van der Waals surface area contributed by atoms with Gasteiger partial charge in [0.15, 0.2) is 0 Å². The first-order valence-electron chi connectivity index (χ1n) is 6.30. The largest absolute Gasteiger partial charge is 0.364 e. The first-order valence-corrected chi connectivity index (χ1v) is 6.30. The number of hydrogen-bond donors (Lipinski definition) is 1. The van der Waals surface area contributed by atoms with Crippen molar-refractivity contribution in [1.82, 2.24) is 15.0 Å². The number of carbonyl (C=O) groups is 1. The van der Waals surface area contributed by atoms with E-state index >= 15 is 0 Å². The van der Waals surface area contributed by atoms with Crippen molar-refractivity contribution in [3.63, 3.8) is 0 Å². The Balaban J connectivity index is 0.00000180. The summed E-state index contributed by atoms with van der Waals surface area (Å²) in [4.78, 5) is 16.0. The second kappa shape index (κ2) is 9.18. The van der Waals surface area contributed by atoms with Gasteiger partial charge in [0, 0.05) is 51.3 Å². The van der Waals surface area contributed by atoms with Gasteiger partial charge in [0.25, 0.3) is 0 Å². The van der Waals surface area contributed by atoms with E-state index in [1.807, 2.05) is 17.9 Å². The Kier molecular flexibility index (Phi) is 8.80. The lowest BCUT2D eigenvalue weighted by atomic mass is 10.2. The minimum Gasteiger partial charge on any atom is -0.364 e. The second-order valence-corrected chi connectivity index (χ2v) is 4.83. The Bertz CT molecular complexity index is 379. The molecule has 8 heteroatoms. The molecule has 0 aromatic carbocycles. The molecule has 20 heavy (non-hydrogen) atoms. The summed E-state index contributed by atoms with van der Waals surface area (Å²) in [5, 5.41) is 3.89. The van der Waals surface area contributed by atoms with Crippen molar-refractivity contribution in [3.8, 4) is 0 Å². The lowest BCUT2D eigenvalue weighted by Gasteiger charge is -2.34. The molecule has 0 spiro atoms. The van der Waals surface area contributed by atoms with Crippen LogP contribution in [0.5, 0.6) is 0 Å². The fraction of sp³-hybridized carbons (Fsp3) is 0.667. The van der Waals surface area contributed by atoms with Gasteiger partial charge < -0.3 is 15.2 Å². The van der Waals surface area contributed by atoms with E-state index in [9.17, 15) is 4.79 Å². The third kappa shape index (κ3) is 5.66. The highest BCUT2D eigenvalue weighted by molar-refractivity contribution is 5.85. The molecule has 1 aliphatic rings. The molecule has 0 saturated carbocycles. The highest BCUT2D eigenvalue weighted by atomic mass is 35.5. The molecule has 2 heterocycles. The Morgan fingerprint density at radius 3 is 2.55 bits per heavy atom. The Hall–Kier alpha value is -0.820. The number of halogens is 2. The van der Waals surface area contributed by atoms with Gasteiger partial charge in [0.1, 0.15) is 6.26 Å². The van der Waals surface area contributed by atoms with Gasteiger partial charge in [-0.2, -0.15) is 0 Å². The third-order valence-corrected chi connectivity index (χ3v) is 3.10. The minimum atomic E-state index is -0.0642. The van der Waals surface area contributed by atoms with Crippen LogP contribution in [-0.2, 0) is 11.3 Å². The van der Waals surface area contributed by atoms with Crippen LogP contribution in [0.3, 0.4) is 0 Å². The summed E-state index contributed by atoms with van der Waals surface area (Å²) < 4.78 is 4.80. The number of nitrogens with zero attached hydrogens (tertiary/aromatic N) is 3. The molecule has 0 bridgehead atoms. The zero-order valence-corrected chi connectivity index (χ0v) is 13.2. The highest BCUT2D eigenvalue weighted by Crippen LogP contribution is 2.08. The van der Waals surface area contributed by atoms with Crippen LogP contribution in [0.25, 0.3) is 0 Å². The summed E-state index contributed by atoms with van der Waals surface area (Å²) >= 11 is 0. The van der Waals surface area contributed by atoms with Gasteiger partial charge in [-0.05, 0) is 6.92 Å². The maximum Gasteiger partial charge on any atom is 0.224 e. The van der Waals surface area contributed by atoms with E-state index in [0.29, 0.717) is 6.42 Å². The van der Waals surface area contributed by atoms with Crippen molar-refractivity contribution in [3.05, 3.63) is 18.0 Å². The molecule has 2 rings (SSSR count). The molecule has 1 aromatic heterocycles. The quantitative estimate of drug-likeness (QED) is 0.890. The predicted molar refractivity (Wildman–Crippen MR) is 81.1 cm³/mol. The first-order chi connectivity index (χ1) is 8.65. The molecule has 1 aliphatic heterocycles. The average Bonchev–Trinajstić information content (AvgIpc) is 2.82. The van der Waals surface area contributed by atoms with Crippen LogP contribution in [0.4, 0.5) is 0 Å². The van der Waals surface area contributed by atoms with Gasteiger partial charge >= 0.3 is 0 Å². The zero-order chi connectivity index (χ0) is 13.0. The number of hydrogen-bond acceptors (Lipinski definition) is 5. The van der Waals surface area contributed by atoms with Crippen molar-refractivity contribution in [1.29, 1.82) is 0 Å². The van der Waals surface area contributed by atoms with Gasteiger partial charge in [-0.3, -0.25) is 9.69 Å². The molecule has 6 nitrogen and oxygen atoms in total. The molecule has 2 N–H and O–H groups in total. The molecule has 116 valence electrons. The normalized spacial score (nSPS) is 17.0. The van der Waals surface area contributed by atoms with Crippen molar-refractivity contribution in [2.24, 2.45) is 5.73 Å². The summed E-state index contributed by atoms with van der Waals surface area (Å²) in [5.74, 6) is 0.158. The van der Waals surface area contributed by atoms with Crippen LogP contribution in [-0.4, -0.2) is 53.1 Å². The van der Waals surface area contributed by atoms with Crippen LogP contribution in [0.15, 0.2) is 16.9 Å². The monoisotopic (exact) mass is 324 g/mol. The van der Waals surface area contributed by atoms with Crippen LogP contribution >= 0.6 is 24.8 Å². The van der Waals surface area contributed by atoms with Gasteiger partial charge in [-0.15, -0.1) is 24.8 Å². The molecular formula is C12H22Cl2N4O2. The molecular weight excluding hydrogens is 303 g/mol. The topological polar surface area (TPSA) is 75.6 Å². The number of amides is 1. The summed E-state index contributed by atoms with van der Waals surface area (Å²) in [5.41, 5.74) is 6.58. The maximum absolute atomic E-state index is 11.8. The van der Waals surface area contributed by atoms with E-state index in [1.54, 1.807) is 6.26 Å². The lowest BCUT2D eigenvalue weighted by molar-refractivity contribution is -0.133. The molecule has 1 atom stereocenters. The van der Waals surface area contributed by atoms with Crippen molar-refractivity contribution >= 4 is 30.7 Å². The standard InChI is InChI=1S/C12H20N4O2.2ClH/c1-10(13)8-12(17)16-5-3-15(4-6-16)9-11-2-7-18-14-11;;/h2,7,10H,3-6,8-9,13H2,1H3;2*1H. The minimum absolute atomic E-state index is 0. The van der Waals surface area contributed by atoms with E-state index < -0.39 is 0 Å². The molecule has 1 amide bonds. The SMILES string of the molecule is CC(N)CC(=O)N1CCN(Cc2ccon2)CC1.Cl.Cl. The Morgan fingerprint density at radius 1 is 1.40 bits per heavy atom. The van der Waals surface area contributed by atoms with Crippen LogP contribution in [0, 0.1) is 0 Å². The maximum atomic E-state index is 11.8. The van der Waals surface area contributed by atoms with E-state index in [1.165, 1.54) is 0 Å². The molecule has 0 aliphatic carbocycles. The Morgan fingerprint density at radius 2 is 2.05 bits per heavy atom. The fourth-order valence-electron chi connectivity index (χ4n) is 2.11. The van der Waals surface area contributed by atoms with Gasteiger partial charge in [-0.25, -0.2) is 0 Å². The number of rotatable bonds is 4. The van der Waals surface area contributed by atoms with Gasteiger partial charge in [-0.1, -0.05) is 5.16 Å². The van der Waals surface area contributed by atoms with E-state index in [2.05, 4.69) is 10.1 Å². The fourth-order valence-corrected chi connectivity index (χ4v) is 2.11. The number of nitrogens with two attached hydrogens (primary N) is 1. The molecule has 1 aromatic rings. The van der Waals surface area contributed by atoms with Crippen LogP contribution < -0.4 is 5.73 Å². The zero-order valence-electron chi connectivity index (χ0n) is 11.5. The van der Waals surface area contributed by atoms with E-state index in [0.717, 1.165) is 38.4 Å². The van der Waals surface area contributed by atoms with Crippen molar-refractivity contribution < 1.29 is 9.32 Å². The van der Waals surface area contributed by atoms with Crippen molar-refractivity contribution in [2.75, 3.05) is 26.2 Å². The number of piperazine rings is 1. The number of aromatic nitrogens is 1. The third-order valence-electron chi connectivity index (χ3n) is 3.10. The average molecular weight is 325 g/mol. The lowest BCUT2D eigenvalue weighted by Crippen LogP contribution is -2.49. The summed E-state index contributed by atoms with van der Waals surface area (Å²) in [6, 6.07) is 1.80. The summed E-state index contributed by atoms with van der Waals surface area (Å²) in [6.45, 7) is 5.92. The summed E-state index contributed by atoms with van der Waals surface area (Å²) in [7, 11) is 0. The molecule has 1 fully saturated rings. The van der Waals surface area contributed by atoms with Gasteiger partial charge in [0.2, 0.25) is 5.91 Å². The Labute approximate surface area is 131 Å². The molecule has 0 radical (unpaired) electrons. The number of carbonyl (C=O) groups excluding carboxylic acids is 1. The van der Waals surface area contributed by atoms with Gasteiger partial charge in [0.05, 0.1) is 5.69 Å². The van der Waals surface area contributed by atoms with Crippen LogP contribution in [0.2, 0.25) is 0 Å². The van der Waals surface area contributed by atoms with Crippen LogP contribution in [0.1, 0.15) is 19.0 Å².